The zero-order chi connectivity index (χ0) is 14.0. The van der Waals surface area contributed by atoms with Gasteiger partial charge in [-0.3, -0.25) is 14.5 Å². The van der Waals surface area contributed by atoms with Gasteiger partial charge in [0.25, 0.3) is 0 Å². The fourth-order valence-electron chi connectivity index (χ4n) is 2.62. The van der Waals surface area contributed by atoms with Crippen LogP contribution in [0.1, 0.15) is 27.9 Å². The van der Waals surface area contributed by atoms with E-state index < -0.39 is 0 Å². The number of aryl methyl sites for hydroxylation is 2. The number of hydrogen-bond donors (Lipinski definition) is 1. The highest BCUT2D eigenvalue weighted by Gasteiger charge is 2.28. The van der Waals surface area contributed by atoms with E-state index in [0.29, 0.717) is 13.1 Å². The third-order valence-electron chi connectivity index (χ3n) is 3.72. The highest BCUT2D eigenvalue weighted by molar-refractivity contribution is 5.99. The van der Waals surface area contributed by atoms with Gasteiger partial charge in [0, 0.05) is 12.1 Å². The van der Waals surface area contributed by atoms with Crippen molar-refractivity contribution in [1.29, 1.82) is 0 Å². The Morgan fingerprint density at radius 1 is 1.37 bits per heavy atom. The van der Waals surface area contributed by atoms with Crippen LogP contribution in [0.2, 0.25) is 0 Å². The largest absolute Gasteiger partial charge is 0.369 e. The van der Waals surface area contributed by atoms with Crippen LogP contribution in [-0.2, 0) is 4.79 Å². The number of benzene rings is 1. The van der Waals surface area contributed by atoms with Crippen LogP contribution in [0, 0.1) is 19.8 Å². The number of primary amides is 1. The number of amides is 1. The van der Waals surface area contributed by atoms with Crippen molar-refractivity contribution in [3.05, 3.63) is 34.9 Å². The Labute approximate surface area is 113 Å². The van der Waals surface area contributed by atoms with E-state index in [1.807, 2.05) is 36.9 Å². The molecule has 0 bridgehead atoms. The molecule has 1 aliphatic rings. The minimum absolute atomic E-state index is 0.105. The second-order valence-electron chi connectivity index (χ2n) is 5.36. The molecule has 1 amide bonds. The van der Waals surface area contributed by atoms with E-state index in [1.54, 1.807) is 0 Å². The third kappa shape index (κ3) is 3.20. The first-order valence-electron chi connectivity index (χ1n) is 6.59. The summed E-state index contributed by atoms with van der Waals surface area (Å²) in [7, 11) is 0. The highest BCUT2D eigenvalue weighted by Crippen LogP contribution is 2.17. The van der Waals surface area contributed by atoms with E-state index in [2.05, 4.69) is 0 Å². The summed E-state index contributed by atoms with van der Waals surface area (Å²) in [5, 5.41) is 0. The van der Waals surface area contributed by atoms with Crippen LogP contribution in [0.4, 0.5) is 0 Å². The standard InChI is InChI=1S/C15H20N2O2/c1-10-3-4-13(11(2)7-10)14(18)9-17-6-5-12(8-17)15(16)19/h3-4,7,12H,5-6,8-9H2,1-2H3,(H2,16,19). The Kier molecular flexibility index (Phi) is 4.00. The average Bonchev–Trinajstić information content (AvgIpc) is 2.77. The quantitative estimate of drug-likeness (QED) is 0.830. The SMILES string of the molecule is Cc1ccc(C(=O)CN2CCC(C(N)=O)C2)c(C)c1. The lowest BCUT2D eigenvalue weighted by atomic mass is 10.0. The Bertz CT molecular complexity index is 511. The maximum absolute atomic E-state index is 12.3. The Morgan fingerprint density at radius 3 is 2.68 bits per heavy atom. The Morgan fingerprint density at radius 2 is 2.11 bits per heavy atom. The lowest BCUT2D eigenvalue weighted by molar-refractivity contribution is -0.121. The van der Waals surface area contributed by atoms with Gasteiger partial charge in [-0.1, -0.05) is 23.8 Å². The summed E-state index contributed by atoms with van der Waals surface area (Å²) < 4.78 is 0. The molecule has 0 radical (unpaired) electrons. The van der Waals surface area contributed by atoms with Crippen LogP contribution >= 0.6 is 0 Å². The number of carbonyl (C=O) groups excluding carboxylic acids is 2. The van der Waals surface area contributed by atoms with Crippen molar-refractivity contribution < 1.29 is 9.59 Å². The van der Waals surface area contributed by atoms with Gasteiger partial charge in [-0.05, 0) is 32.4 Å². The van der Waals surface area contributed by atoms with Gasteiger partial charge in [-0.2, -0.15) is 0 Å². The molecule has 19 heavy (non-hydrogen) atoms. The summed E-state index contributed by atoms with van der Waals surface area (Å²) >= 11 is 0. The first-order chi connectivity index (χ1) is 8.97. The minimum Gasteiger partial charge on any atom is -0.369 e. The number of Topliss-reactive ketones (excluding diaryl/α,β-unsaturated/α-hetero) is 1. The molecule has 2 N–H and O–H groups in total. The molecule has 0 spiro atoms. The average molecular weight is 260 g/mol. The summed E-state index contributed by atoms with van der Waals surface area (Å²) in [5.74, 6) is -0.254. The summed E-state index contributed by atoms with van der Waals surface area (Å²) in [4.78, 5) is 25.4. The first-order valence-corrected chi connectivity index (χ1v) is 6.59. The van der Waals surface area contributed by atoms with Gasteiger partial charge in [0.2, 0.25) is 5.91 Å². The molecule has 1 aromatic rings. The molecule has 0 saturated carbocycles. The number of rotatable bonds is 4. The zero-order valence-corrected chi connectivity index (χ0v) is 11.5. The molecule has 2 rings (SSSR count). The van der Waals surface area contributed by atoms with Crippen LogP contribution in [0.15, 0.2) is 18.2 Å². The molecular formula is C15H20N2O2. The number of likely N-dealkylation sites (tertiary alicyclic amines) is 1. The second kappa shape index (κ2) is 5.53. The van der Waals surface area contributed by atoms with Gasteiger partial charge in [0.05, 0.1) is 12.5 Å². The predicted octanol–water partition coefficient (Wildman–Crippen LogP) is 1.29. The molecule has 0 aliphatic carbocycles. The van der Waals surface area contributed by atoms with Gasteiger partial charge < -0.3 is 5.73 Å². The number of nitrogens with two attached hydrogens (primary N) is 1. The fourth-order valence-corrected chi connectivity index (χ4v) is 2.62. The van der Waals surface area contributed by atoms with Gasteiger partial charge in [-0.25, -0.2) is 0 Å². The monoisotopic (exact) mass is 260 g/mol. The molecule has 1 unspecified atom stereocenters. The van der Waals surface area contributed by atoms with Crippen LogP contribution in [-0.4, -0.2) is 36.2 Å². The topological polar surface area (TPSA) is 63.4 Å². The van der Waals surface area contributed by atoms with Gasteiger partial charge in [-0.15, -0.1) is 0 Å². The number of ketones is 1. The molecule has 1 saturated heterocycles. The van der Waals surface area contributed by atoms with Crippen LogP contribution in [0.3, 0.4) is 0 Å². The van der Waals surface area contributed by atoms with Crippen molar-refractivity contribution >= 4 is 11.7 Å². The lowest BCUT2D eigenvalue weighted by Gasteiger charge is -2.15. The molecular weight excluding hydrogens is 240 g/mol. The van der Waals surface area contributed by atoms with E-state index in [-0.39, 0.29) is 17.6 Å². The summed E-state index contributed by atoms with van der Waals surface area (Å²) in [6, 6.07) is 5.86. The molecule has 102 valence electrons. The van der Waals surface area contributed by atoms with E-state index in [4.69, 9.17) is 5.73 Å². The van der Waals surface area contributed by atoms with Gasteiger partial charge in [0.15, 0.2) is 5.78 Å². The zero-order valence-electron chi connectivity index (χ0n) is 11.5. The van der Waals surface area contributed by atoms with Crippen LogP contribution in [0.25, 0.3) is 0 Å². The summed E-state index contributed by atoms with van der Waals surface area (Å²) in [5.41, 5.74) is 8.23. The van der Waals surface area contributed by atoms with Crippen molar-refractivity contribution in [2.24, 2.45) is 11.7 Å². The predicted molar refractivity (Wildman–Crippen MR) is 74.0 cm³/mol. The van der Waals surface area contributed by atoms with Crippen molar-refractivity contribution in [2.45, 2.75) is 20.3 Å². The van der Waals surface area contributed by atoms with E-state index in [1.165, 1.54) is 0 Å². The number of carbonyl (C=O) groups is 2. The molecule has 4 heteroatoms. The fraction of sp³-hybridized carbons (Fsp3) is 0.467. The molecule has 4 nitrogen and oxygen atoms in total. The lowest BCUT2D eigenvalue weighted by Crippen LogP contribution is -2.31. The third-order valence-corrected chi connectivity index (χ3v) is 3.72. The maximum atomic E-state index is 12.3. The molecule has 1 fully saturated rings. The summed E-state index contributed by atoms with van der Waals surface area (Å²) in [6.07, 6.45) is 0.759. The van der Waals surface area contributed by atoms with E-state index in [0.717, 1.165) is 29.7 Å². The number of hydrogen-bond acceptors (Lipinski definition) is 3. The highest BCUT2D eigenvalue weighted by atomic mass is 16.1. The molecule has 1 aliphatic heterocycles. The van der Waals surface area contributed by atoms with Crippen molar-refractivity contribution in [3.63, 3.8) is 0 Å². The smallest absolute Gasteiger partial charge is 0.221 e. The van der Waals surface area contributed by atoms with Crippen molar-refractivity contribution in [1.82, 2.24) is 4.90 Å². The van der Waals surface area contributed by atoms with Crippen LogP contribution < -0.4 is 5.73 Å². The normalized spacial score (nSPS) is 19.6. The van der Waals surface area contributed by atoms with Gasteiger partial charge in [0.1, 0.15) is 0 Å². The van der Waals surface area contributed by atoms with Crippen LogP contribution in [0.5, 0.6) is 0 Å². The Balaban J connectivity index is 2.00. The van der Waals surface area contributed by atoms with E-state index in [9.17, 15) is 9.59 Å². The van der Waals surface area contributed by atoms with Crippen molar-refractivity contribution in [2.75, 3.05) is 19.6 Å². The molecule has 1 aromatic carbocycles. The molecule has 1 heterocycles. The van der Waals surface area contributed by atoms with Gasteiger partial charge >= 0.3 is 0 Å². The van der Waals surface area contributed by atoms with Crippen molar-refractivity contribution in [3.8, 4) is 0 Å². The van der Waals surface area contributed by atoms with E-state index >= 15 is 0 Å². The first kappa shape index (κ1) is 13.7. The minimum atomic E-state index is -0.263. The second-order valence-corrected chi connectivity index (χ2v) is 5.36. The maximum Gasteiger partial charge on any atom is 0.221 e. The molecule has 1 atom stereocenters. The summed E-state index contributed by atoms with van der Waals surface area (Å²) in [6.45, 7) is 5.71. The Hall–Kier alpha value is -1.68. The molecule has 0 aromatic heterocycles. The number of nitrogens with zero attached hydrogens (tertiary/aromatic N) is 1.